The summed E-state index contributed by atoms with van der Waals surface area (Å²) in [6.07, 6.45) is 0. The fourth-order valence-corrected chi connectivity index (χ4v) is 2.75. The maximum Gasteiger partial charge on any atom is 0.272 e. The molecule has 2 N–H and O–H groups in total. The van der Waals surface area contributed by atoms with Gasteiger partial charge in [-0.25, -0.2) is 4.98 Å². The summed E-state index contributed by atoms with van der Waals surface area (Å²) in [5.41, 5.74) is 6.01. The Labute approximate surface area is 111 Å². The summed E-state index contributed by atoms with van der Waals surface area (Å²) in [4.78, 5) is 18.0. The van der Waals surface area contributed by atoms with Crippen LogP contribution in [-0.4, -0.2) is 39.9 Å². The van der Waals surface area contributed by atoms with Gasteiger partial charge in [0.2, 0.25) is 0 Å². The zero-order valence-electron chi connectivity index (χ0n) is 9.63. The van der Waals surface area contributed by atoms with Crippen LogP contribution in [0.2, 0.25) is 0 Å². The number of pyridine rings is 1. The zero-order valence-corrected chi connectivity index (χ0v) is 11.3. The number of halogens is 1. The Morgan fingerprint density at radius 3 is 3.00 bits per heavy atom. The lowest BCUT2D eigenvalue weighted by Gasteiger charge is -2.30. The van der Waals surface area contributed by atoms with Gasteiger partial charge in [0.25, 0.3) is 5.91 Å². The molecule has 0 bridgehead atoms. The summed E-state index contributed by atoms with van der Waals surface area (Å²) in [6.45, 7) is 3.72. The highest BCUT2D eigenvalue weighted by Gasteiger charge is 2.23. The van der Waals surface area contributed by atoms with Crippen LogP contribution in [0, 0.1) is 0 Å². The highest BCUT2D eigenvalue weighted by Crippen LogP contribution is 2.19. The molecule has 0 spiro atoms. The summed E-state index contributed by atoms with van der Waals surface area (Å²) < 4.78 is 0. The smallest absolute Gasteiger partial charge is 0.272 e. The summed E-state index contributed by atoms with van der Waals surface area (Å²) in [7, 11) is 0. The number of hydrogen-bond acceptors (Lipinski definition) is 4. The van der Waals surface area contributed by atoms with Crippen molar-refractivity contribution in [3.05, 3.63) is 23.9 Å². The number of carbonyl (C=O) groups excluding carboxylic acids is 1. The first-order valence-corrected chi connectivity index (χ1v) is 6.35. The molecule has 17 heavy (non-hydrogen) atoms. The molecule has 1 aliphatic heterocycles. The summed E-state index contributed by atoms with van der Waals surface area (Å²) in [5.74, 6) is 1.37. The number of aromatic nitrogens is 1. The van der Waals surface area contributed by atoms with Gasteiger partial charge < -0.3 is 10.6 Å². The van der Waals surface area contributed by atoms with Crippen LogP contribution in [0.3, 0.4) is 0 Å². The molecular weight excluding hydrogens is 258 g/mol. The van der Waals surface area contributed by atoms with Crippen LogP contribution in [0.4, 0.5) is 5.82 Å². The van der Waals surface area contributed by atoms with Crippen LogP contribution in [-0.2, 0) is 0 Å². The monoisotopic (exact) mass is 273 g/mol. The molecule has 94 valence electrons. The number of nitrogen functional groups attached to an aromatic ring is 1. The average Bonchev–Trinajstić information content (AvgIpc) is 2.28. The molecule has 1 aliphatic rings. The van der Waals surface area contributed by atoms with Crippen molar-refractivity contribution < 1.29 is 4.79 Å². The van der Waals surface area contributed by atoms with Gasteiger partial charge in [0.15, 0.2) is 0 Å². The lowest BCUT2D eigenvalue weighted by molar-refractivity contribution is 0.0757. The Morgan fingerprint density at radius 1 is 1.59 bits per heavy atom. The fraction of sp³-hybridized carbons (Fsp3) is 0.455. The van der Waals surface area contributed by atoms with E-state index in [-0.39, 0.29) is 18.3 Å². The second-order valence-corrected chi connectivity index (χ2v) is 5.43. The van der Waals surface area contributed by atoms with Gasteiger partial charge in [-0.1, -0.05) is 13.0 Å². The molecule has 0 saturated carbocycles. The third-order valence-electron chi connectivity index (χ3n) is 2.52. The van der Waals surface area contributed by atoms with Gasteiger partial charge in [-0.15, -0.1) is 12.4 Å². The molecule has 0 radical (unpaired) electrons. The number of nitrogens with zero attached hydrogens (tertiary/aromatic N) is 2. The van der Waals surface area contributed by atoms with Gasteiger partial charge in [-0.05, 0) is 12.1 Å². The van der Waals surface area contributed by atoms with Crippen LogP contribution in [0.25, 0.3) is 0 Å². The van der Waals surface area contributed by atoms with E-state index in [0.717, 1.165) is 18.8 Å². The Kier molecular flexibility index (Phi) is 5.08. The first-order chi connectivity index (χ1) is 7.66. The summed E-state index contributed by atoms with van der Waals surface area (Å²) in [5, 5.41) is 0.499. The fourth-order valence-electron chi connectivity index (χ4n) is 1.74. The number of rotatable bonds is 1. The Hall–Kier alpha value is -0.940. The van der Waals surface area contributed by atoms with E-state index in [1.807, 2.05) is 16.7 Å². The van der Waals surface area contributed by atoms with E-state index in [0.29, 0.717) is 16.8 Å². The minimum Gasteiger partial charge on any atom is -0.384 e. The standard InChI is InChI=1S/C11H15N3OS.ClH/c1-8-7-14(5-6-16-8)11(15)9-3-2-4-10(12)13-9;/h2-4,8H,5-7H2,1H3,(H2,12,13);1H. The molecule has 1 aromatic heterocycles. The predicted octanol–water partition coefficient (Wildman–Crippen LogP) is 1.66. The van der Waals surface area contributed by atoms with Crippen molar-refractivity contribution in [3.63, 3.8) is 0 Å². The first-order valence-electron chi connectivity index (χ1n) is 5.30. The zero-order chi connectivity index (χ0) is 11.5. The number of hydrogen-bond donors (Lipinski definition) is 1. The number of nitrogens with two attached hydrogens (primary N) is 1. The topological polar surface area (TPSA) is 59.2 Å². The van der Waals surface area contributed by atoms with Gasteiger partial charge >= 0.3 is 0 Å². The highest BCUT2D eigenvalue weighted by molar-refractivity contribution is 7.99. The van der Waals surface area contributed by atoms with E-state index < -0.39 is 0 Å². The summed E-state index contributed by atoms with van der Waals surface area (Å²) >= 11 is 1.90. The molecule has 6 heteroatoms. The van der Waals surface area contributed by atoms with E-state index in [2.05, 4.69) is 11.9 Å². The first kappa shape index (κ1) is 14.1. The maximum atomic E-state index is 12.1. The molecular formula is C11H16ClN3OS. The molecule has 2 heterocycles. The highest BCUT2D eigenvalue weighted by atomic mass is 35.5. The van der Waals surface area contributed by atoms with Crippen LogP contribution in [0.5, 0.6) is 0 Å². The van der Waals surface area contributed by atoms with E-state index in [9.17, 15) is 4.79 Å². The van der Waals surface area contributed by atoms with Crippen LogP contribution in [0.15, 0.2) is 18.2 Å². The Bertz CT molecular complexity index is 402. The SMILES string of the molecule is CC1CN(C(=O)c2cccc(N)n2)CCS1.Cl. The minimum atomic E-state index is -0.0144. The molecule has 0 aliphatic carbocycles. The average molecular weight is 274 g/mol. The van der Waals surface area contributed by atoms with Crippen molar-refractivity contribution in [1.29, 1.82) is 0 Å². The number of amides is 1. The predicted molar refractivity (Wildman–Crippen MR) is 73.7 cm³/mol. The van der Waals surface area contributed by atoms with Crippen molar-refractivity contribution in [2.24, 2.45) is 0 Å². The molecule has 1 saturated heterocycles. The second-order valence-electron chi connectivity index (χ2n) is 3.88. The van der Waals surface area contributed by atoms with Gasteiger partial charge in [-0.2, -0.15) is 11.8 Å². The van der Waals surface area contributed by atoms with Crippen LogP contribution in [0.1, 0.15) is 17.4 Å². The van der Waals surface area contributed by atoms with Gasteiger partial charge in [0.1, 0.15) is 11.5 Å². The van der Waals surface area contributed by atoms with E-state index in [4.69, 9.17) is 5.73 Å². The van der Waals surface area contributed by atoms with Crippen LogP contribution >= 0.6 is 24.2 Å². The Morgan fingerprint density at radius 2 is 2.35 bits per heavy atom. The van der Waals surface area contributed by atoms with E-state index >= 15 is 0 Å². The number of anilines is 1. The molecule has 0 aromatic carbocycles. The lowest BCUT2D eigenvalue weighted by atomic mass is 10.3. The lowest BCUT2D eigenvalue weighted by Crippen LogP contribution is -2.41. The molecule has 1 fully saturated rings. The van der Waals surface area contributed by atoms with Gasteiger partial charge in [0.05, 0.1) is 0 Å². The van der Waals surface area contributed by atoms with Gasteiger partial charge in [-0.3, -0.25) is 4.79 Å². The molecule has 1 aromatic rings. The largest absolute Gasteiger partial charge is 0.384 e. The van der Waals surface area contributed by atoms with Crippen molar-refractivity contribution in [3.8, 4) is 0 Å². The van der Waals surface area contributed by atoms with Crippen molar-refractivity contribution in [2.45, 2.75) is 12.2 Å². The second kappa shape index (κ2) is 6.12. The van der Waals surface area contributed by atoms with Crippen molar-refractivity contribution in [1.82, 2.24) is 9.88 Å². The van der Waals surface area contributed by atoms with Crippen LogP contribution < -0.4 is 5.73 Å². The third kappa shape index (κ3) is 3.51. The maximum absolute atomic E-state index is 12.1. The Balaban J connectivity index is 0.00000144. The van der Waals surface area contributed by atoms with Crippen molar-refractivity contribution >= 4 is 35.9 Å². The number of carbonyl (C=O) groups is 1. The normalized spacial score (nSPS) is 19.6. The van der Waals surface area contributed by atoms with E-state index in [1.165, 1.54) is 0 Å². The van der Waals surface area contributed by atoms with E-state index in [1.54, 1.807) is 18.2 Å². The molecule has 2 rings (SSSR count). The molecule has 4 nitrogen and oxygen atoms in total. The number of thioether (sulfide) groups is 1. The van der Waals surface area contributed by atoms with Gasteiger partial charge in [0, 0.05) is 24.1 Å². The summed E-state index contributed by atoms with van der Waals surface area (Å²) in [6, 6.07) is 5.16. The van der Waals surface area contributed by atoms with Crippen molar-refractivity contribution in [2.75, 3.05) is 24.6 Å². The molecule has 1 atom stereocenters. The third-order valence-corrected chi connectivity index (χ3v) is 3.65. The minimum absolute atomic E-state index is 0. The quantitative estimate of drug-likeness (QED) is 0.846. The molecule has 1 unspecified atom stereocenters. The molecule has 1 amide bonds.